The molecule has 7 nitrogen and oxygen atoms in total. The Bertz CT molecular complexity index is 1330. The molecule has 0 fully saturated rings. The van der Waals surface area contributed by atoms with Crippen LogP contribution in [0.2, 0.25) is 5.02 Å². The van der Waals surface area contributed by atoms with E-state index in [1.807, 2.05) is 50.3 Å². The van der Waals surface area contributed by atoms with Gasteiger partial charge in [-0.05, 0) is 38.0 Å². The van der Waals surface area contributed by atoms with Crippen molar-refractivity contribution in [3.63, 3.8) is 0 Å². The van der Waals surface area contributed by atoms with Gasteiger partial charge < -0.3 is 10.6 Å². The average Bonchev–Trinajstić information content (AvgIpc) is 3.16. The van der Waals surface area contributed by atoms with E-state index in [4.69, 9.17) is 11.6 Å². The van der Waals surface area contributed by atoms with Crippen LogP contribution in [0, 0.1) is 13.8 Å². The fraction of sp³-hybridized carbons (Fsp3) is 0.304. The van der Waals surface area contributed by atoms with Crippen molar-refractivity contribution >= 4 is 32.9 Å². The minimum Gasteiger partial charge on any atom is -0.371 e. The number of nitrogens with zero attached hydrogens (tertiary/aromatic N) is 3. The molecule has 3 aromatic rings. The van der Waals surface area contributed by atoms with E-state index < -0.39 is 15.1 Å². The largest absolute Gasteiger partial charge is 0.371 e. The van der Waals surface area contributed by atoms with Crippen molar-refractivity contribution in [1.82, 2.24) is 19.9 Å². The first-order valence-corrected chi connectivity index (χ1v) is 12.3. The average molecular weight is 472 g/mol. The SMILES string of the molecule is CNc1nn2c(C)c(CNCc3cccc(Cl)c3)c(C)nc2c1S(=O)(=O)C1C=CC=CC1. The predicted octanol–water partition coefficient (Wildman–Crippen LogP) is 3.99. The second-order valence-corrected chi connectivity index (χ2v) is 10.3. The van der Waals surface area contributed by atoms with Gasteiger partial charge in [0.2, 0.25) is 0 Å². The molecule has 1 aliphatic carbocycles. The Morgan fingerprint density at radius 1 is 1.22 bits per heavy atom. The first-order valence-electron chi connectivity index (χ1n) is 10.4. The summed E-state index contributed by atoms with van der Waals surface area (Å²) in [5.74, 6) is 0.312. The molecule has 2 heterocycles. The van der Waals surface area contributed by atoms with Gasteiger partial charge in [-0.15, -0.1) is 5.10 Å². The summed E-state index contributed by atoms with van der Waals surface area (Å²) >= 11 is 6.07. The third kappa shape index (κ3) is 4.18. The number of hydrogen-bond donors (Lipinski definition) is 2. The summed E-state index contributed by atoms with van der Waals surface area (Å²) in [7, 11) is -1.99. The molecule has 0 radical (unpaired) electrons. The minimum atomic E-state index is -3.67. The third-order valence-corrected chi connectivity index (χ3v) is 7.99. The molecule has 32 heavy (non-hydrogen) atoms. The number of nitrogens with one attached hydrogen (secondary N) is 2. The van der Waals surface area contributed by atoms with Gasteiger partial charge in [0.15, 0.2) is 26.2 Å². The van der Waals surface area contributed by atoms with Crippen LogP contribution in [0.25, 0.3) is 5.65 Å². The van der Waals surface area contributed by atoms with Crippen LogP contribution in [0.15, 0.2) is 53.5 Å². The number of rotatable bonds is 7. The molecule has 2 N–H and O–H groups in total. The molecule has 0 bridgehead atoms. The summed E-state index contributed by atoms with van der Waals surface area (Å²) in [5, 5.41) is 11.0. The molecule has 4 rings (SSSR count). The number of halogens is 1. The lowest BCUT2D eigenvalue weighted by Gasteiger charge is -2.15. The summed E-state index contributed by atoms with van der Waals surface area (Å²) < 4.78 is 28.6. The van der Waals surface area contributed by atoms with Crippen molar-refractivity contribution in [2.45, 2.75) is 43.5 Å². The number of hydrogen-bond acceptors (Lipinski definition) is 6. The Morgan fingerprint density at radius 2 is 2.03 bits per heavy atom. The Labute approximate surface area is 193 Å². The third-order valence-electron chi connectivity index (χ3n) is 5.66. The minimum absolute atomic E-state index is 0.148. The van der Waals surface area contributed by atoms with Gasteiger partial charge in [0.25, 0.3) is 0 Å². The van der Waals surface area contributed by atoms with Crippen molar-refractivity contribution in [3.05, 3.63) is 76.1 Å². The van der Waals surface area contributed by atoms with Gasteiger partial charge in [0.1, 0.15) is 0 Å². The van der Waals surface area contributed by atoms with Crippen molar-refractivity contribution in [1.29, 1.82) is 0 Å². The van der Waals surface area contributed by atoms with E-state index in [0.717, 1.165) is 22.5 Å². The van der Waals surface area contributed by atoms with E-state index in [2.05, 4.69) is 20.7 Å². The number of sulfone groups is 1. The molecule has 1 aliphatic rings. The lowest BCUT2D eigenvalue weighted by molar-refractivity contribution is 0.589. The van der Waals surface area contributed by atoms with Crippen molar-refractivity contribution in [2.24, 2.45) is 0 Å². The number of aryl methyl sites for hydroxylation is 2. The molecule has 0 saturated heterocycles. The van der Waals surface area contributed by atoms with Crippen LogP contribution in [-0.4, -0.2) is 35.3 Å². The molecule has 0 aliphatic heterocycles. The van der Waals surface area contributed by atoms with Gasteiger partial charge in [-0.2, -0.15) is 0 Å². The number of allylic oxidation sites excluding steroid dienone is 3. The summed E-state index contributed by atoms with van der Waals surface area (Å²) in [6.45, 7) is 5.05. The van der Waals surface area contributed by atoms with Gasteiger partial charge in [0.05, 0.1) is 5.25 Å². The highest BCUT2D eigenvalue weighted by Crippen LogP contribution is 2.32. The van der Waals surface area contributed by atoms with Crippen LogP contribution in [0.3, 0.4) is 0 Å². The maximum Gasteiger partial charge on any atom is 0.192 e. The number of anilines is 1. The molecule has 1 atom stereocenters. The summed E-state index contributed by atoms with van der Waals surface area (Å²) in [4.78, 5) is 4.83. The first kappa shape index (κ1) is 22.5. The standard InChI is InChI=1S/C23H26ClN5O2S/c1-15-20(14-26-13-17-8-7-9-18(24)12-17)16(2)29-23(27-15)21(22(25-3)28-29)32(30,31)19-10-5-4-6-11-19/h4-10,12,19,26H,11,13-14H2,1-3H3,(H,25,28). The monoisotopic (exact) mass is 471 g/mol. The van der Waals surface area contributed by atoms with Crippen LogP contribution in [0.5, 0.6) is 0 Å². The van der Waals surface area contributed by atoms with Gasteiger partial charge in [-0.1, -0.05) is 48.0 Å². The van der Waals surface area contributed by atoms with E-state index in [1.165, 1.54) is 0 Å². The van der Waals surface area contributed by atoms with Crippen LogP contribution in [0.4, 0.5) is 5.82 Å². The zero-order chi connectivity index (χ0) is 22.9. The Balaban J connectivity index is 1.70. The maximum atomic E-state index is 13.5. The molecular weight excluding hydrogens is 446 g/mol. The van der Waals surface area contributed by atoms with E-state index >= 15 is 0 Å². The van der Waals surface area contributed by atoms with Crippen molar-refractivity contribution in [2.75, 3.05) is 12.4 Å². The van der Waals surface area contributed by atoms with Gasteiger partial charge in [-0.25, -0.2) is 17.9 Å². The normalized spacial score (nSPS) is 16.1. The van der Waals surface area contributed by atoms with Crippen LogP contribution < -0.4 is 10.6 Å². The zero-order valence-corrected chi connectivity index (χ0v) is 19.8. The Hall–Kier alpha value is -2.68. The van der Waals surface area contributed by atoms with E-state index in [9.17, 15) is 8.42 Å². The lowest BCUT2D eigenvalue weighted by atomic mass is 10.1. The highest BCUT2D eigenvalue weighted by molar-refractivity contribution is 7.92. The summed E-state index contributed by atoms with van der Waals surface area (Å²) in [5.41, 5.74) is 4.04. The highest BCUT2D eigenvalue weighted by atomic mass is 35.5. The molecule has 1 aromatic carbocycles. The Kier molecular flexibility index (Phi) is 6.37. The van der Waals surface area contributed by atoms with Crippen molar-refractivity contribution in [3.8, 4) is 0 Å². The van der Waals surface area contributed by atoms with Gasteiger partial charge >= 0.3 is 0 Å². The zero-order valence-electron chi connectivity index (χ0n) is 18.3. The molecule has 0 saturated carbocycles. The molecule has 1 unspecified atom stereocenters. The fourth-order valence-corrected chi connectivity index (χ4v) is 5.92. The molecular formula is C23H26ClN5O2S. The van der Waals surface area contributed by atoms with Crippen molar-refractivity contribution < 1.29 is 8.42 Å². The Morgan fingerprint density at radius 3 is 2.72 bits per heavy atom. The quantitative estimate of drug-likeness (QED) is 0.541. The summed E-state index contributed by atoms with van der Waals surface area (Å²) in [6, 6.07) is 7.71. The van der Waals surface area contributed by atoms with Crippen LogP contribution in [-0.2, 0) is 22.9 Å². The second kappa shape index (κ2) is 9.05. The number of aromatic nitrogens is 3. The number of fused-ring (bicyclic) bond motifs is 1. The van der Waals surface area contributed by atoms with E-state index in [1.54, 1.807) is 23.7 Å². The topological polar surface area (TPSA) is 88.4 Å². The van der Waals surface area contributed by atoms with Gasteiger partial charge in [0, 0.05) is 42.1 Å². The summed E-state index contributed by atoms with van der Waals surface area (Å²) in [6.07, 6.45) is 7.63. The van der Waals surface area contributed by atoms with E-state index in [0.29, 0.717) is 36.0 Å². The van der Waals surface area contributed by atoms with Crippen LogP contribution in [0.1, 0.15) is 28.9 Å². The maximum absolute atomic E-state index is 13.5. The van der Waals surface area contributed by atoms with Crippen LogP contribution >= 0.6 is 11.6 Å². The molecule has 168 valence electrons. The molecule has 2 aromatic heterocycles. The van der Waals surface area contributed by atoms with E-state index in [-0.39, 0.29) is 4.90 Å². The second-order valence-electron chi connectivity index (χ2n) is 7.79. The fourth-order valence-electron chi connectivity index (χ4n) is 3.94. The first-order chi connectivity index (χ1) is 15.3. The molecule has 0 spiro atoms. The molecule has 0 amide bonds. The predicted molar refractivity (Wildman–Crippen MR) is 128 cm³/mol. The van der Waals surface area contributed by atoms with Gasteiger partial charge in [-0.3, -0.25) is 0 Å². The smallest absolute Gasteiger partial charge is 0.192 e. The lowest BCUT2D eigenvalue weighted by Crippen LogP contribution is -2.21. The number of benzene rings is 1. The molecule has 9 heteroatoms. The highest BCUT2D eigenvalue weighted by Gasteiger charge is 2.33.